The largest absolute Gasteiger partial charge is 0.347 e. The SMILES string of the molecule is C=C(/C=C\N=C/[C@@H](C)CC)NC=N. The van der Waals surface area contributed by atoms with Crippen LogP contribution in [0.2, 0.25) is 0 Å². The second-order valence-electron chi connectivity index (χ2n) is 2.81. The molecule has 1 atom stereocenters. The van der Waals surface area contributed by atoms with Crippen LogP contribution in [-0.4, -0.2) is 12.6 Å². The molecule has 13 heavy (non-hydrogen) atoms. The second kappa shape index (κ2) is 7.28. The molecule has 0 bridgehead atoms. The van der Waals surface area contributed by atoms with Gasteiger partial charge in [0.1, 0.15) is 0 Å². The normalized spacial score (nSPS) is 13.4. The van der Waals surface area contributed by atoms with Gasteiger partial charge in [-0.3, -0.25) is 10.4 Å². The molecule has 0 aliphatic carbocycles. The van der Waals surface area contributed by atoms with Crippen LogP contribution in [0.1, 0.15) is 20.3 Å². The summed E-state index contributed by atoms with van der Waals surface area (Å²) >= 11 is 0. The smallest absolute Gasteiger partial charge is 0.0835 e. The fraction of sp³-hybridized carbons (Fsp3) is 0.400. The van der Waals surface area contributed by atoms with Gasteiger partial charge in [0.25, 0.3) is 0 Å². The molecule has 0 saturated carbocycles. The first-order valence-corrected chi connectivity index (χ1v) is 4.35. The first-order chi connectivity index (χ1) is 6.20. The van der Waals surface area contributed by atoms with Crippen LogP contribution in [0.3, 0.4) is 0 Å². The molecule has 0 radical (unpaired) electrons. The highest BCUT2D eigenvalue weighted by atomic mass is 14.9. The van der Waals surface area contributed by atoms with Crippen molar-refractivity contribution in [1.82, 2.24) is 5.32 Å². The van der Waals surface area contributed by atoms with Crippen LogP contribution >= 0.6 is 0 Å². The highest BCUT2D eigenvalue weighted by molar-refractivity contribution is 5.61. The standard InChI is InChI=1S/C10H17N3/c1-4-9(2)7-12-6-5-10(3)13-8-11/h5-9H,3-4H2,1-2H3,(H2,11,13)/b6-5-,12-7-/t9-/m0/s1. The second-order valence-corrected chi connectivity index (χ2v) is 2.81. The number of aliphatic imine (C=N–C) groups is 1. The molecule has 72 valence electrons. The lowest BCUT2D eigenvalue weighted by Crippen LogP contribution is -2.05. The van der Waals surface area contributed by atoms with Crippen molar-refractivity contribution in [3.8, 4) is 0 Å². The van der Waals surface area contributed by atoms with Crippen LogP contribution in [0.4, 0.5) is 0 Å². The fourth-order valence-corrected chi connectivity index (χ4v) is 0.576. The maximum atomic E-state index is 6.74. The molecule has 0 fully saturated rings. The van der Waals surface area contributed by atoms with Gasteiger partial charge in [0.05, 0.1) is 6.34 Å². The number of hydrogen-bond donors (Lipinski definition) is 2. The van der Waals surface area contributed by atoms with Crippen molar-refractivity contribution in [1.29, 1.82) is 5.41 Å². The highest BCUT2D eigenvalue weighted by Gasteiger charge is 1.88. The zero-order chi connectivity index (χ0) is 10.1. The van der Waals surface area contributed by atoms with Crippen LogP contribution < -0.4 is 5.32 Å². The van der Waals surface area contributed by atoms with Crippen molar-refractivity contribution in [3.05, 3.63) is 24.6 Å². The Kier molecular flexibility index (Phi) is 6.51. The summed E-state index contributed by atoms with van der Waals surface area (Å²) in [6, 6.07) is 0. The van der Waals surface area contributed by atoms with E-state index in [9.17, 15) is 0 Å². The first kappa shape index (κ1) is 11.6. The average molecular weight is 179 g/mol. The fourth-order valence-electron chi connectivity index (χ4n) is 0.576. The van der Waals surface area contributed by atoms with Gasteiger partial charge in [-0.15, -0.1) is 0 Å². The maximum Gasteiger partial charge on any atom is 0.0835 e. The molecular formula is C10H17N3. The molecule has 0 aliphatic rings. The van der Waals surface area contributed by atoms with Gasteiger partial charge in [0.2, 0.25) is 0 Å². The number of hydrogen-bond acceptors (Lipinski definition) is 2. The Morgan fingerprint density at radius 3 is 2.92 bits per heavy atom. The summed E-state index contributed by atoms with van der Waals surface area (Å²) in [6.07, 6.45) is 7.48. The van der Waals surface area contributed by atoms with E-state index in [1.165, 1.54) is 0 Å². The number of rotatable bonds is 6. The highest BCUT2D eigenvalue weighted by Crippen LogP contribution is 1.95. The Balaban J connectivity index is 3.79. The van der Waals surface area contributed by atoms with Gasteiger partial charge in [-0.25, -0.2) is 0 Å². The van der Waals surface area contributed by atoms with E-state index >= 15 is 0 Å². The van der Waals surface area contributed by atoms with E-state index in [1.807, 2.05) is 6.21 Å². The van der Waals surface area contributed by atoms with Gasteiger partial charge in [-0.2, -0.15) is 0 Å². The van der Waals surface area contributed by atoms with Crippen molar-refractivity contribution in [3.63, 3.8) is 0 Å². The molecule has 0 rings (SSSR count). The minimum atomic E-state index is 0.508. The third kappa shape index (κ3) is 7.00. The van der Waals surface area contributed by atoms with E-state index in [2.05, 4.69) is 30.7 Å². The molecule has 3 heteroatoms. The summed E-state index contributed by atoms with van der Waals surface area (Å²) in [5.41, 5.74) is 0.663. The van der Waals surface area contributed by atoms with E-state index < -0.39 is 0 Å². The topological polar surface area (TPSA) is 48.2 Å². The summed E-state index contributed by atoms with van der Waals surface area (Å²) in [5.74, 6) is 0.508. The quantitative estimate of drug-likeness (QED) is 0.367. The van der Waals surface area contributed by atoms with E-state index in [-0.39, 0.29) is 0 Å². The molecule has 0 spiro atoms. The lowest BCUT2D eigenvalue weighted by molar-refractivity contribution is 0.754. The van der Waals surface area contributed by atoms with Gasteiger partial charge in [0, 0.05) is 18.1 Å². The number of allylic oxidation sites excluding steroid dienone is 1. The van der Waals surface area contributed by atoms with Crippen LogP contribution in [0.15, 0.2) is 29.5 Å². The van der Waals surface area contributed by atoms with Gasteiger partial charge in [0.15, 0.2) is 0 Å². The third-order valence-electron chi connectivity index (χ3n) is 1.60. The summed E-state index contributed by atoms with van der Waals surface area (Å²) < 4.78 is 0. The van der Waals surface area contributed by atoms with Gasteiger partial charge in [-0.05, 0) is 18.4 Å². The molecule has 0 aromatic heterocycles. The molecule has 0 heterocycles. The van der Waals surface area contributed by atoms with Crippen molar-refractivity contribution in [2.24, 2.45) is 10.9 Å². The van der Waals surface area contributed by atoms with Crippen molar-refractivity contribution in [2.75, 3.05) is 0 Å². The Bertz CT molecular complexity index is 216. The van der Waals surface area contributed by atoms with E-state index in [4.69, 9.17) is 5.41 Å². The lowest BCUT2D eigenvalue weighted by atomic mass is 10.1. The molecule has 0 aromatic carbocycles. The lowest BCUT2D eigenvalue weighted by Gasteiger charge is -1.96. The summed E-state index contributed by atoms with van der Waals surface area (Å²) in [4.78, 5) is 4.08. The molecule has 0 saturated heterocycles. The Hall–Kier alpha value is -1.38. The third-order valence-corrected chi connectivity index (χ3v) is 1.60. The minimum Gasteiger partial charge on any atom is -0.347 e. The predicted octanol–water partition coefficient (Wildman–Crippen LogP) is 2.33. The van der Waals surface area contributed by atoms with Gasteiger partial charge in [-0.1, -0.05) is 20.4 Å². The monoisotopic (exact) mass is 179 g/mol. The zero-order valence-electron chi connectivity index (χ0n) is 8.25. The van der Waals surface area contributed by atoms with Crippen LogP contribution in [-0.2, 0) is 0 Å². The van der Waals surface area contributed by atoms with Crippen LogP contribution in [0, 0.1) is 11.3 Å². The maximum absolute atomic E-state index is 6.74. The number of nitrogens with zero attached hydrogens (tertiary/aromatic N) is 1. The minimum absolute atomic E-state index is 0.508. The van der Waals surface area contributed by atoms with Crippen molar-refractivity contribution >= 4 is 12.6 Å². The first-order valence-electron chi connectivity index (χ1n) is 4.35. The molecule has 0 aliphatic heterocycles. The summed E-state index contributed by atoms with van der Waals surface area (Å²) in [6.45, 7) is 7.89. The molecule has 0 aromatic rings. The summed E-state index contributed by atoms with van der Waals surface area (Å²) in [5, 5.41) is 9.38. The molecule has 3 nitrogen and oxygen atoms in total. The number of nitrogens with one attached hydrogen (secondary N) is 2. The Morgan fingerprint density at radius 2 is 2.38 bits per heavy atom. The van der Waals surface area contributed by atoms with Crippen molar-refractivity contribution in [2.45, 2.75) is 20.3 Å². The summed E-state index contributed by atoms with van der Waals surface area (Å²) in [7, 11) is 0. The average Bonchev–Trinajstić information content (AvgIpc) is 2.12. The Morgan fingerprint density at radius 1 is 1.69 bits per heavy atom. The van der Waals surface area contributed by atoms with Gasteiger partial charge < -0.3 is 5.32 Å². The van der Waals surface area contributed by atoms with E-state index in [0.29, 0.717) is 11.6 Å². The Labute approximate surface area is 79.8 Å². The van der Waals surface area contributed by atoms with Crippen LogP contribution in [0.25, 0.3) is 0 Å². The van der Waals surface area contributed by atoms with Crippen molar-refractivity contribution < 1.29 is 0 Å². The van der Waals surface area contributed by atoms with Crippen LogP contribution in [0.5, 0.6) is 0 Å². The molecule has 0 amide bonds. The van der Waals surface area contributed by atoms with Gasteiger partial charge >= 0.3 is 0 Å². The zero-order valence-corrected chi connectivity index (χ0v) is 8.25. The molecule has 2 N–H and O–H groups in total. The van der Waals surface area contributed by atoms with E-state index in [1.54, 1.807) is 12.3 Å². The molecular weight excluding hydrogens is 162 g/mol. The molecule has 0 unspecified atom stereocenters. The van der Waals surface area contributed by atoms with E-state index in [0.717, 1.165) is 12.8 Å². The predicted molar refractivity (Wildman–Crippen MR) is 58.1 cm³/mol.